The highest BCUT2D eigenvalue weighted by Gasteiger charge is 2.22. The van der Waals surface area contributed by atoms with Gasteiger partial charge in [0.1, 0.15) is 5.70 Å². The second-order valence-corrected chi connectivity index (χ2v) is 5.40. The maximum Gasteiger partial charge on any atom is 0.240 e. The second kappa shape index (κ2) is 4.80. The number of hydrazine groups is 1. The number of nitrogens with one attached hydrogen (secondary N) is 3. The van der Waals surface area contributed by atoms with Gasteiger partial charge in [-0.3, -0.25) is 10.2 Å². The molecule has 0 saturated carbocycles. The highest BCUT2D eigenvalue weighted by Crippen LogP contribution is 2.15. The first-order valence-corrected chi connectivity index (χ1v) is 7.07. The fourth-order valence-corrected chi connectivity index (χ4v) is 2.66. The van der Waals surface area contributed by atoms with Crippen LogP contribution in [0.4, 0.5) is 0 Å². The molecule has 0 radical (unpaired) electrons. The lowest BCUT2D eigenvalue weighted by molar-refractivity contribution is -0.121. The summed E-state index contributed by atoms with van der Waals surface area (Å²) < 4.78 is 0. The van der Waals surface area contributed by atoms with Crippen molar-refractivity contribution in [3.63, 3.8) is 0 Å². The van der Waals surface area contributed by atoms with Crippen molar-refractivity contribution in [1.82, 2.24) is 16.3 Å². The zero-order chi connectivity index (χ0) is 15.1. The summed E-state index contributed by atoms with van der Waals surface area (Å²) in [6.07, 6.45) is 4.13. The maximum atomic E-state index is 11.4. The smallest absolute Gasteiger partial charge is 0.240 e. The summed E-state index contributed by atoms with van der Waals surface area (Å²) in [5.74, 6) is 0.697. The van der Waals surface area contributed by atoms with E-state index in [-0.39, 0.29) is 11.8 Å². The summed E-state index contributed by atoms with van der Waals surface area (Å²) in [4.78, 5) is 20.4. The van der Waals surface area contributed by atoms with Crippen LogP contribution < -0.4 is 27.0 Å². The molecule has 3 aliphatic rings. The molecule has 0 aliphatic carbocycles. The molecule has 7 nitrogen and oxygen atoms in total. The second-order valence-electron chi connectivity index (χ2n) is 5.40. The Bertz CT molecular complexity index is 880. The van der Waals surface area contributed by atoms with E-state index >= 15 is 0 Å². The van der Waals surface area contributed by atoms with Gasteiger partial charge in [-0.05, 0) is 18.2 Å². The van der Waals surface area contributed by atoms with E-state index in [4.69, 9.17) is 0 Å². The third kappa shape index (κ3) is 2.07. The quantitative estimate of drug-likeness (QED) is 0.658. The largest absolute Gasteiger partial charge is 0.308 e. The van der Waals surface area contributed by atoms with Gasteiger partial charge in [-0.1, -0.05) is 13.0 Å². The zero-order valence-electron chi connectivity index (χ0n) is 11.9. The highest BCUT2D eigenvalue weighted by molar-refractivity contribution is 6.05. The monoisotopic (exact) mass is 294 g/mol. The Morgan fingerprint density at radius 3 is 2.86 bits per heavy atom. The molecule has 1 amide bonds. The van der Waals surface area contributed by atoms with Gasteiger partial charge in [-0.2, -0.15) is 5.10 Å². The average Bonchev–Trinajstić information content (AvgIpc) is 3.15. The Hall–Kier alpha value is -2.96. The molecular weight excluding hydrogens is 280 g/mol. The molecule has 3 aliphatic heterocycles. The Kier molecular flexibility index (Phi) is 2.78. The Morgan fingerprint density at radius 1 is 1.23 bits per heavy atom. The number of hydrogen-bond acceptors (Lipinski definition) is 6. The van der Waals surface area contributed by atoms with E-state index in [0.29, 0.717) is 12.2 Å². The van der Waals surface area contributed by atoms with Crippen molar-refractivity contribution >= 4 is 11.6 Å². The molecule has 1 atom stereocenters. The Morgan fingerprint density at radius 2 is 2.09 bits per heavy atom. The number of nitrogens with zero attached hydrogens (tertiary/aromatic N) is 3. The van der Waals surface area contributed by atoms with Crippen LogP contribution in [0.25, 0.3) is 0 Å². The molecule has 1 aromatic carbocycles. The van der Waals surface area contributed by atoms with Gasteiger partial charge in [0.25, 0.3) is 0 Å². The first-order chi connectivity index (χ1) is 10.7. The Labute approximate surface area is 126 Å². The van der Waals surface area contributed by atoms with Crippen LogP contribution in [0.5, 0.6) is 0 Å². The maximum absolute atomic E-state index is 11.4. The molecule has 0 spiro atoms. The van der Waals surface area contributed by atoms with Crippen molar-refractivity contribution in [2.45, 2.75) is 13.3 Å². The predicted molar refractivity (Wildman–Crippen MR) is 79.7 cm³/mol. The molecule has 0 bridgehead atoms. The van der Waals surface area contributed by atoms with Crippen LogP contribution in [0, 0.1) is 5.92 Å². The van der Waals surface area contributed by atoms with Crippen molar-refractivity contribution in [3.8, 4) is 0 Å². The molecule has 110 valence electrons. The van der Waals surface area contributed by atoms with Gasteiger partial charge in [0, 0.05) is 24.1 Å². The van der Waals surface area contributed by atoms with Gasteiger partial charge in [0.05, 0.1) is 16.4 Å². The number of amides is 1. The topological polar surface area (TPSA) is 90.2 Å². The minimum atomic E-state index is -0.0456. The molecule has 0 saturated heterocycles. The van der Waals surface area contributed by atoms with E-state index in [9.17, 15) is 4.79 Å². The number of carbonyl (C=O) groups is 1. The number of fused-ring (bicyclic) bond motifs is 1. The lowest BCUT2D eigenvalue weighted by atomic mass is 9.94. The molecule has 0 fully saturated rings. The average molecular weight is 294 g/mol. The SMILES string of the molecule is CC1CC(=O)NN=C1c1ccc2c(c1)=N/C(=C1\C=CNN1)N=2. The van der Waals surface area contributed by atoms with E-state index in [2.05, 4.69) is 31.4 Å². The molecule has 7 heteroatoms. The van der Waals surface area contributed by atoms with Crippen molar-refractivity contribution < 1.29 is 4.79 Å². The van der Waals surface area contributed by atoms with Crippen LogP contribution in [0.3, 0.4) is 0 Å². The van der Waals surface area contributed by atoms with Crippen molar-refractivity contribution in [2.24, 2.45) is 21.0 Å². The number of rotatable bonds is 1. The van der Waals surface area contributed by atoms with E-state index < -0.39 is 0 Å². The van der Waals surface area contributed by atoms with Crippen molar-refractivity contribution in [1.29, 1.82) is 0 Å². The van der Waals surface area contributed by atoms with Gasteiger partial charge in [-0.15, -0.1) is 0 Å². The first kappa shape index (κ1) is 12.8. The summed E-state index contributed by atoms with van der Waals surface area (Å²) in [7, 11) is 0. The lowest BCUT2D eigenvalue weighted by Crippen LogP contribution is -2.33. The summed E-state index contributed by atoms with van der Waals surface area (Å²) in [6.45, 7) is 2.00. The van der Waals surface area contributed by atoms with Crippen molar-refractivity contribution in [2.75, 3.05) is 0 Å². The van der Waals surface area contributed by atoms with Gasteiger partial charge in [0.15, 0.2) is 5.82 Å². The highest BCUT2D eigenvalue weighted by atomic mass is 16.2. The number of hydrogen-bond donors (Lipinski definition) is 3. The fourth-order valence-electron chi connectivity index (χ4n) is 2.66. The van der Waals surface area contributed by atoms with Crippen LogP contribution >= 0.6 is 0 Å². The summed E-state index contributed by atoms with van der Waals surface area (Å²) in [6, 6.07) is 5.86. The molecule has 3 N–H and O–H groups in total. The van der Waals surface area contributed by atoms with Gasteiger partial charge in [0.2, 0.25) is 5.91 Å². The summed E-state index contributed by atoms with van der Waals surface area (Å²) in [5.41, 5.74) is 11.1. The predicted octanol–water partition coefficient (Wildman–Crippen LogP) is -0.410. The number of carbonyl (C=O) groups excluding carboxylic acids is 1. The number of hydrazone groups is 1. The molecule has 3 heterocycles. The molecule has 4 rings (SSSR count). The summed E-state index contributed by atoms with van der Waals surface area (Å²) in [5, 5.41) is 5.83. The van der Waals surface area contributed by atoms with E-state index in [1.807, 2.05) is 31.2 Å². The van der Waals surface area contributed by atoms with Crippen LogP contribution in [-0.2, 0) is 4.79 Å². The third-order valence-corrected chi connectivity index (χ3v) is 3.76. The molecule has 22 heavy (non-hydrogen) atoms. The fraction of sp³-hybridized carbons (Fsp3) is 0.200. The van der Waals surface area contributed by atoms with Crippen molar-refractivity contribution in [3.05, 3.63) is 58.3 Å². The van der Waals surface area contributed by atoms with E-state index in [0.717, 1.165) is 27.7 Å². The minimum Gasteiger partial charge on any atom is -0.308 e. The standard InChI is InChI=1S/C15H14N6O/c1-8-6-13(22)20-21-14(8)9-2-3-10-12(7-9)18-15(17-10)11-4-5-16-19-11/h2-5,7-8,16,19H,6H2,1H3,(H,20,22)/b15-11+. The minimum absolute atomic E-state index is 0.0456. The normalized spacial score (nSPS) is 25.4. The molecular formula is C15H14N6O. The number of benzene rings is 1. The van der Waals surface area contributed by atoms with E-state index in [1.165, 1.54) is 0 Å². The zero-order valence-corrected chi connectivity index (χ0v) is 11.9. The van der Waals surface area contributed by atoms with Crippen LogP contribution in [-0.4, -0.2) is 11.6 Å². The van der Waals surface area contributed by atoms with E-state index in [1.54, 1.807) is 6.20 Å². The Balaban J connectivity index is 1.77. The lowest BCUT2D eigenvalue weighted by Gasteiger charge is -2.18. The molecule has 1 unspecified atom stereocenters. The van der Waals surface area contributed by atoms with Gasteiger partial charge >= 0.3 is 0 Å². The van der Waals surface area contributed by atoms with Gasteiger partial charge < -0.3 is 5.43 Å². The van der Waals surface area contributed by atoms with Crippen LogP contribution in [0.15, 0.2) is 57.1 Å². The number of allylic oxidation sites excluding steroid dienone is 1. The van der Waals surface area contributed by atoms with Crippen LogP contribution in [0.2, 0.25) is 0 Å². The first-order valence-electron chi connectivity index (χ1n) is 7.07. The summed E-state index contributed by atoms with van der Waals surface area (Å²) >= 11 is 0. The molecule has 1 aromatic rings. The van der Waals surface area contributed by atoms with Gasteiger partial charge in [-0.25, -0.2) is 15.4 Å². The third-order valence-electron chi connectivity index (χ3n) is 3.76. The molecule has 0 aromatic heterocycles. The van der Waals surface area contributed by atoms with Crippen LogP contribution in [0.1, 0.15) is 18.9 Å².